The Labute approximate surface area is 117 Å². The number of unbranched alkanes of at least 4 members (excludes halogenated alkanes) is 4. The second-order valence-corrected chi connectivity index (χ2v) is 6.35. The molecule has 112 valence electrons. The van der Waals surface area contributed by atoms with Crippen molar-refractivity contribution in [2.45, 2.75) is 71.3 Å². The number of amides is 2. The van der Waals surface area contributed by atoms with Gasteiger partial charge in [-0.2, -0.15) is 0 Å². The third-order valence-electron chi connectivity index (χ3n) is 2.81. The number of nitrogens with zero attached hydrogens (tertiary/aromatic N) is 1. The fourth-order valence-electron chi connectivity index (χ4n) is 1.80. The molecular formula is C15H30N2O2. The Hall–Kier alpha value is -1.06. The molecule has 0 saturated heterocycles. The lowest BCUT2D eigenvalue weighted by molar-refractivity contribution is -0.128. The van der Waals surface area contributed by atoms with Crippen LogP contribution < -0.4 is 5.32 Å². The lowest BCUT2D eigenvalue weighted by Crippen LogP contribution is -2.40. The summed E-state index contributed by atoms with van der Waals surface area (Å²) in [5.74, 6) is 0.333. The summed E-state index contributed by atoms with van der Waals surface area (Å²) < 4.78 is 0. The molecule has 0 bridgehead atoms. The quantitative estimate of drug-likeness (QED) is 0.689. The molecule has 0 aromatic carbocycles. The monoisotopic (exact) mass is 270 g/mol. The molecule has 4 nitrogen and oxygen atoms in total. The molecule has 19 heavy (non-hydrogen) atoms. The van der Waals surface area contributed by atoms with Crippen LogP contribution >= 0.6 is 0 Å². The van der Waals surface area contributed by atoms with E-state index in [1.165, 1.54) is 0 Å². The zero-order valence-electron chi connectivity index (χ0n) is 13.2. The predicted octanol–water partition coefficient (Wildman–Crippen LogP) is 2.72. The average Bonchev–Trinajstić information content (AvgIpc) is 2.24. The predicted molar refractivity (Wildman–Crippen MR) is 78.9 cm³/mol. The van der Waals surface area contributed by atoms with Crippen molar-refractivity contribution in [3.8, 4) is 0 Å². The first kappa shape index (κ1) is 17.9. The Morgan fingerprint density at radius 1 is 0.895 bits per heavy atom. The van der Waals surface area contributed by atoms with E-state index in [0.717, 1.165) is 32.1 Å². The van der Waals surface area contributed by atoms with E-state index in [1.807, 2.05) is 20.8 Å². The van der Waals surface area contributed by atoms with Gasteiger partial charge in [0.2, 0.25) is 11.8 Å². The smallest absolute Gasteiger partial charge is 0.222 e. The topological polar surface area (TPSA) is 49.4 Å². The van der Waals surface area contributed by atoms with Crippen molar-refractivity contribution in [3.05, 3.63) is 0 Å². The van der Waals surface area contributed by atoms with E-state index in [9.17, 15) is 9.59 Å². The molecule has 0 aliphatic carbocycles. The van der Waals surface area contributed by atoms with Crippen LogP contribution in [-0.2, 0) is 9.59 Å². The third-order valence-corrected chi connectivity index (χ3v) is 2.81. The molecule has 0 aromatic heterocycles. The Kier molecular flexibility index (Phi) is 8.44. The van der Waals surface area contributed by atoms with Crippen LogP contribution in [0, 0.1) is 0 Å². The van der Waals surface area contributed by atoms with E-state index in [0.29, 0.717) is 12.8 Å². The minimum Gasteiger partial charge on any atom is -0.352 e. The molecule has 0 heterocycles. The molecule has 0 spiro atoms. The van der Waals surface area contributed by atoms with E-state index in [4.69, 9.17) is 0 Å². The van der Waals surface area contributed by atoms with E-state index in [-0.39, 0.29) is 17.4 Å². The second kappa shape index (κ2) is 8.94. The van der Waals surface area contributed by atoms with Gasteiger partial charge in [0.05, 0.1) is 0 Å². The minimum atomic E-state index is -0.135. The molecule has 0 atom stereocenters. The number of hydrogen-bond donors (Lipinski definition) is 1. The van der Waals surface area contributed by atoms with Crippen molar-refractivity contribution in [1.82, 2.24) is 10.2 Å². The van der Waals surface area contributed by atoms with Crippen molar-refractivity contribution in [2.24, 2.45) is 0 Å². The first-order chi connectivity index (χ1) is 8.72. The van der Waals surface area contributed by atoms with Gasteiger partial charge in [-0.25, -0.2) is 0 Å². The van der Waals surface area contributed by atoms with E-state index in [1.54, 1.807) is 19.0 Å². The van der Waals surface area contributed by atoms with Crippen molar-refractivity contribution < 1.29 is 9.59 Å². The molecule has 0 aliphatic heterocycles. The van der Waals surface area contributed by atoms with Crippen LogP contribution in [0.4, 0.5) is 0 Å². The summed E-state index contributed by atoms with van der Waals surface area (Å²) >= 11 is 0. The molecule has 0 fully saturated rings. The molecule has 1 N–H and O–H groups in total. The Balaban J connectivity index is 3.41. The van der Waals surface area contributed by atoms with Gasteiger partial charge in [-0.15, -0.1) is 0 Å². The Morgan fingerprint density at radius 2 is 1.37 bits per heavy atom. The van der Waals surface area contributed by atoms with Gasteiger partial charge < -0.3 is 10.2 Å². The molecule has 0 unspecified atom stereocenters. The molecule has 2 amide bonds. The molecule has 0 saturated carbocycles. The van der Waals surface area contributed by atoms with E-state index in [2.05, 4.69) is 5.32 Å². The van der Waals surface area contributed by atoms with E-state index < -0.39 is 0 Å². The van der Waals surface area contributed by atoms with Gasteiger partial charge >= 0.3 is 0 Å². The highest BCUT2D eigenvalue weighted by Crippen LogP contribution is 2.08. The number of nitrogens with one attached hydrogen (secondary N) is 1. The molecule has 0 rings (SSSR count). The largest absolute Gasteiger partial charge is 0.352 e. The lowest BCUT2D eigenvalue weighted by Gasteiger charge is -2.20. The second-order valence-electron chi connectivity index (χ2n) is 6.35. The summed E-state index contributed by atoms with van der Waals surface area (Å²) in [6.45, 7) is 5.98. The summed E-state index contributed by atoms with van der Waals surface area (Å²) in [4.78, 5) is 24.5. The van der Waals surface area contributed by atoms with Gasteiger partial charge in [-0.1, -0.05) is 19.3 Å². The van der Waals surface area contributed by atoms with Crippen LogP contribution in [-0.4, -0.2) is 36.3 Å². The number of carbonyl (C=O) groups is 2. The SMILES string of the molecule is CN(C)C(=O)CCCCCCCC(=O)NC(C)(C)C. The number of rotatable bonds is 8. The number of carbonyl (C=O) groups excluding carboxylic acids is 2. The maximum atomic E-state index is 11.6. The standard InChI is InChI=1S/C15H30N2O2/c1-15(2,3)16-13(18)11-9-7-6-8-10-12-14(19)17(4)5/h6-12H2,1-5H3,(H,16,18). The van der Waals surface area contributed by atoms with Crippen LogP contribution in [0.1, 0.15) is 65.7 Å². The summed E-state index contributed by atoms with van der Waals surface area (Å²) in [6.07, 6.45) is 6.36. The molecule has 0 aromatic rings. The maximum absolute atomic E-state index is 11.6. The van der Waals surface area contributed by atoms with Crippen molar-refractivity contribution in [2.75, 3.05) is 14.1 Å². The molecule has 4 heteroatoms. The molecule has 0 aliphatic rings. The highest BCUT2D eigenvalue weighted by atomic mass is 16.2. The summed E-state index contributed by atoms with van der Waals surface area (Å²) in [5, 5.41) is 2.96. The third kappa shape index (κ3) is 11.7. The van der Waals surface area contributed by atoms with Crippen molar-refractivity contribution >= 4 is 11.8 Å². The fraction of sp³-hybridized carbons (Fsp3) is 0.867. The summed E-state index contributed by atoms with van der Waals surface area (Å²) in [5.41, 5.74) is -0.135. The fourth-order valence-corrected chi connectivity index (χ4v) is 1.80. The highest BCUT2D eigenvalue weighted by molar-refractivity contribution is 5.76. The van der Waals surface area contributed by atoms with Crippen LogP contribution in [0.25, 0.3) is 0 Å². The maximum Gasteiger partial charge on any atom is 0.222 e. The van der Waals surface area contributed by atoms with Crippen molar-refractivity contribution in [1.29, 1.82) is 0 Å². The zero-order valence-corrected chi connectivity index (χ0v) is 13.2. The minimum absolute atomic E-state index is 0.135. The van der Waals surface area contributed by atoms with Crippen LogP contribution in [0.5, 0.6) is 0 Å². The highest BCUT2D eigenvalue weighted by Gasteiger charge is 2.12. The van der Waals surface area contributed by atoms with Gasteiger partial charge in [0.15, 0.2) is 0 Å². The van der Waals surface area contributed by atoms with Crippen LogP contribution in [0.3, 0.4) is 0 Å². The molecule has 0 radical (unpaired) electrons. The van der Waals surface area contributed by atoms with Gasteiger partial charge in [0.25, 0.3) is 0 Å². The Morgan fingerprint density at radius 3 is 1.84 bits per heavy atom. The summed E-state index contributed by atoms with van der Waals surface area (Å²) in [7, 11) is 3.58. The average molecular weight is 270 g/mol. The summed E-state index contributed by atoms with van der Waals surface area (Å²) in [6, 6.07) is 0. The Bertz CT molecular complexity index is 280. The first-order valence-corrected chi connectivity index (χ1v) is 7.23. The lowest BCUT2D eigenvalue weighted by atomic mass is 10.1. The van der Waals surface area contributed by atoms with E-state index >= 15 is 0 Å². The normalized spacial score (nSPS) is 11.2. The zero-order chi connectivity index (χ0) is 14.9. The van der Waals surface area contributed by atoms with Gasteiger partial charge in [0.1, 0.15) is 0 Å². The van der Waals surface area contributed by atoms with Crippen LogP contribution in [0.2, 0.25) is 0 Å². The molecular weight excluding hydrogens is 240 g/mol. The van der Waals surface area contributed by atoms with Crippen molar-refractivity contribution in [3.63, 3.8) is 0 Å². The number of hydrogen-bond acceptors (Lipinski definition) is 2. The van der Waals surface area contributed by atoms with Gasteiger partial charge in [-0.3, -0.25) is 9.59 Å². The first-order valence-electron chi connectivity index (χ1n) is 7.23. The van der Waals surface area contributed by atoms with Gasteiger partial charge in [0, 0.05) is 32.5 Å². The van der Waals surface area contributed by atoms with Crippen LogP contribution in [0.15, 0.2) is 0 Å². The van der Waals surface area contributed by atoms with Gasteiger partial charge in [-0.05, 0) is 33.6 Å².